The van der Waals surface area contributed by atoms with Gasteiger partial charge in [0.25, 0.3) is 0 Å². The molecule has 0 aliphatic heterocycles. The van der Waals surface area contributed by atoms with Crippen molar-refractivity contribution in [2.75, 3.05) is 19.0 Å². The van der Waals surface area contributed by atoms with Crippen LogP contribution in [0.15, 0.2) is 35.7 Å². The van der Waals surface area contributed by atoms with Crippen molar-refractivity contribution in [2.45, 2.75) is 25.9 Å². The topological polar surface area (TPSA) is 15.3 Å². The Hall–Kier alpha value is -1.39. The third kappa shape index (κ3) is 2.86. The van der Waals surface area contributed by atoms with Gasteiger partial charge >= 0.3 is 0 Å². The molecule has 2 atom stereocenters. The van der Waals surface area contributed by atoms with Crippen LogP contribution in [-0.2, 0) is 0 Å². The molecule has 20 heavy (non-hydrogen) atoms. The highest BCUT2D eigenvalue weighted by Crippen LogP contribution is 2.34. The highest BCUT2D eigenvalue weighted by atomic mass is 32.1. The lowest BCUT2D eigenvalue weighted by Crippen LogP contribution is -2.25. The average Bonchev–Trinajstić information content (AvgIpc) is 2.98. The van der Waals surface area contributed by atoms with Crippen molar-refractivity contribution in [3.63, 3.8) is 0 Å². The number of thiophene rings is 1. The summed E-state index contributed by atoms with van der Waals surface area (Å²) in [5, 5.41) is 5.24. The summed E-state index contributed by atoms with van der Waals surface area (Å²) in [6.07, 6.45) is 0. The summed E-state index contributed by atoms with van der Waals surface area (Å²) in [4.78, 5) is 3.25. The number of para-hydroxylation sites is 1. The molecule has 1 aromatic carbocycles. The first-order valence-corrected chi connectivity index (χ1v) is 7.66. The van der Waals surface area contributed by atoms with E-state index in [1.807, 2.05) is 38.1 Å². The fourth-order valence-corrected chi connectivity index (χ4v) is 3.15. The van der Waals surface area contributed by atoms with Crippen LogP contribution in [0.5, 0.6) is 0 Å². The second-order valence-corrected chi connectivity index (χ2v) is 5.97. The van der Waals surface area contributed by atoms with E-state index in [1.54, 1.807) is 17.4 Å². The van der Waals surface area contributed by atoms with E-state index in [4.69, 9.17) is 0 Å². The number of nitrogens with zero attached hydrogens (tertiary/aromatic N) is 1. The molecule has 1 aromatic heterocycles. The van der Waals surface area contributed by atoms with Crippen LogP contribution in [0.2, 0.25) is 0 Å². The minimum absolute atomic E-state index is 0.110. The molecule has 2 rings (SSSR count). The summed E-state index contributed by atoms with van der Waals surface area (Å²) in [7, 11) is 3.84. The Kier molecular flexibility index (Phi) is 4.78. The molecular weight excluding hydrogens is 271 g/mol. The van der Waals surface area contributed by atoms with Crippen LogP contribution < -0.4 is 10.2 Å². The zero-order chi connectivity index (χ0) is 14.7. The Labute approximate surface area is 124 Å². The van der Waals surface area contributed by atoms with Crippen LogP contribution in [0.3, 0.4) is 0 Å². The molecule has 1 N–H and O–H groups in total. The van der Waals surface area contributed by atoms with Crippen LogP contribution in [0.25, 0.3) is 0 Å². The van der Waals surface area contributed by atoms with E-state index >= 15 is 0 Å². The summed E-state index contributed by atoms with van der Waals surface area (Å²) in [6.45, 7) is 4.15. The number of hydrogen-bond donors (Lipinski definition) is 1. The van der Waals surface area contributed by atoms with Gasteiger partial charge in [0.05, 0.1) is 11.7 Å². The zero-order valence-corrected chi connectivity index (χ0v) is 13.2. The van der Waals surface area contributed by atoms with Crippen molar-refractivity contribution in [1.29, 1.82) is 0 Å². The maximum atomic E-state index is 14.3. The van der Waals surface area contributed by atoms with Crippen molar-refractivity contribution in [1.82, 2.24) is 5.32 Å². The lowest BCUT2D eigenvalue weighted by atomic mass is 10.0. The summed E-state index contributed by atoms with van der Waals surface area (Å²) in [5.41, 5.74) is 1.66. The Bertz CT molecular complexity index is 554. The number of nitrogens with one attached hydrogen (secondary N) is 1. The molecule has 2 aromatic rings. The van der Waals surface area contributed by atoms with Crippen LogP contribution in [-0.4, -0.2) is 14.1 Å². The van der Waals surface area contributed by atoms with E-state index in [-0.39, 0.29) is 17.9 Å². The summed E-state index contributed by atoms with van der Waals surface area (Å²) in [6, 6.07) is 9.66. The van der Waals surface area contributed by atoms with Gasteiger partial charge in [-0.2, -0.15) is 0 Å². The largest absolute Gasteiger partial charge is 0.364 e. The monoisotopic (exact) mass is 292 g/mol. The first kappa shape index (κ1) is 15.0. The van der Waals surface area contributed by atoms with E-state index in [0.29, 0.717) is 5.69 Å². The van der Waals surface area contributed by atoms with Gasteiger partial charge in [-0.05, 0) is 44.0 Å². The average molecular weight is 292 g/mol. The second kappa shape index (κ2) is 6.37. The smallest absolute Gasteiger partial charge is 0.146 e. The highest BCUT2D eigenvalue weighted by Gasteiger charge is 2.21. The van der Waals surface area contributed by atoms with E-state index in [1.165, 1.54) is 10.9 Å². The van der Waals surface area contributed by atoms with E-state index in [0.717, 1.165) is 5.56 Å². The first-order valence-electron chi connectivity index (χ1n) is 6.78. The van der Waals surface area contributed by atoms with Gasteiger partial charge in [0.2, 0.25) is 0 Å². The number of rotatable bonds is 5. The number of hydrogen-bond acceptors (Lipinski definition) is 3. The molecule has 0 fully saturated rings. The number of benzene rings is 1. The third-order valence-corrected chi connectivity index (χ3v) is 4.85. The molecule has 4 heteroatoms. The van der Waals surface area contributed by atoms with Gasteiger partial charge in [0, 0.05) is 18.0 Å². The molecule has 0 aliphatic rings. The quantitative estimate of drug-likeness (QED) is 0.880. The Morgan fingerprint density at radius 1 is 1.20 bits per heavy atom. The van der Waals surface area contributed by atoms with Crippen molar-refractivity contribution in [3.8, 4) is 0 Å². The number of anilines is 1. The molecule has 2 nitrogen and oxygen atoms in total. The maximum absolute atomic E-state index is 14.3. The molecule has 0 amide bonds. The minimum atomic E-state index is -0.171. The highest BCUT2D eigenvalue weighted by molar-refractivity contribution is 7.10. The molecule has 2 unspecified atom stereocenters. The van der Waals surface area contributed by atoms with Gasteiger partial charge in [-0.25, -0.2) is 4.39 Å². The maximum Gasteiger partial charge on any atom is 0.146 e. The van der Waals surface area contributed by atoms with Crippen LogP contribution in [0, 0.1) is 5.82 Å². The summed E-state index contributed by atoms with van der Waals surface area (Å²) < 4.78 is 14.3. The SMILES string of the molecule is CNC(C)c1cccc(F)c1N(C)C(C)c1cccs1. The Balaban J connectivity index is 2.40. The van der Waals surface area contributed by atoms with Crippen molar-refractivity contribution in [3.05, 3.63) is 52.0 Å². The molecule has 0 saturated heterocycles. The second-order valence-electron chi connectivity index (χ2n) is 4.99. The first-order chi connectivity index (χ1) is 9.56. The standard InChI is InChI=1S/C16H21FN2S/c1-11(18-3)13-7-5-8-14(17)16(13)19(4)12(2)15-9-6-10-20-15/h5-12,18H,1-4H3. The lowest BCUT2D eigenvalue weighted by Gasteiger charge is -2.30. The fourth-order valence-electron chi connectivity index (χ4n) is 2.32. The Morgan fingerprint density at radius 2 is 1.95 bits per heavy atom. The predicted molar refractivity (Wildman–Crippen MR) is 85.0 cm³/mol. The molecule has 0 aliphatic carbocycles. The molecule has 108 valence electrons. The van der Waals surface area contributed by atoms with Gasteiger partial charge in [-0.1, -0.05) is 18.2 Å². The van der Waals surface area contributed by atoms with Gasteiger partial charge in [-0.3, -0.25) is 0 Å². The van der Waals surface area contributed by atoms with Crippen molar-refractivity contribution >= 4 is 17.0 Å². The third-order valence-electron chi connectivity index (χ3n) is 3.81. The fraction of sp³-hybridized carbons (Fsp3) is 0.375. The van der Waals surface area contributed by atoms with Gasteiger partial charge in [-0.15, -0.1) is 11.3 Å². The van der Waals surface area contributed by atoms with Crippen molar-refractivity contribution < 1.29 is 4.39 Å². The van der Waals surface area contributed by atoms with E-state index < -0.39 is 0 Å². The molecular formula is C16H21FN2S. The number of halogens is 1. The van der Waals surface area contributed by atoms with Crippen molar-refractivity contribution in [2.24, 2.45) is 0 Å². The van der Waals surface area contributed by atoms with Gasteiger partial charge in [0.1, 0.15) is 5.82 Å². The Morgan fingerprint density at radius 3 is 2.55 bits per heavy atom. The summed E-state index contributed by atoms with van der Waals surface area (Å²) >= 11 is 1.70. The molecule has 0 spiro atoms. The predicted octanol–water partition coefficient (Wildman–Crippen LogP) is 4.37. The zero-order valence-electron chi connectivity index (χ0n) is 12.4. The normalized spacial score (nSPS) is 14.1. The van der Waals surface area contributed by atoms with Gasteiger partial charge < -0.3 is 10.2 Å². The van der Waals surface area contributed by atoms with Crippen LogP contribution >= 0.6 is 11.3 Å². The van der Waals surface area contributed by atoms with Gasteiger partial charge in [0.15, 0.2) is 0 Å². The molecule has 1 heterocycles. The lowest BCUT2D eigenvalue weighted by molar-refractivity contribution is 0.593. The minimum Gasteiger partial charge on any atom is -0.364 e. The van der Waals surface area contributed by atoms with E-state index in [2.05, 4.69) is 23.7 Å². The molecule has 0 radical (unpaired) electrons. The van der Waals surface area contributed by atoms with Crippen LogP contribution in [0.4, 0.5) is 10.1 Å². The summed E-state index contributed by atoms with van der Waals surface area (Å²) in [5.74, 6) is -0.171. The van der Waals surface area contributed by atoms with E-state index in [9.17, 15) is 4.39 Å². The molecule has 0 saturated carbocycles. The van der Waals surface area contributed by atoms with Crippen LogP contribution in [0.1, 0.15) is 36.4 Å². The molecule has 0 bridgehead atoms.